The van der Waals surface area contributed by atoms with Crippen molar-refractivity contribution in [1.29, 1.82) is 0 Å². The van der Waals surface area contributed by atoms with E-state index in [1.165, 1.54) is 0 Å². The van der Waals surface area contributed by atoms with Crippen LogP contribution in [-0.4, -0.2) is 38.3 Å². The van der Waals surface area contributed by atoms with Gasteiger partial charge in [-0.3, -0.25) is 4.79 Å². The molecule has 142 valence electrons. The molecule has 1 heterocycles. The average molecular weight is 366 g/mol. The second kappa shape index (κ2) is 8.11. The van der Waals surface area contributed by atoms with Crippen LogP contribution < -0.4 is 15.4 Å². The fourth-order valence-electron chi connectivity index (χ4n) is 4.10. The number of fused-ring (bicyclic) bond motifs is 1. The SMILES string of the molecule is COc1ccc(-c2ccccc2)cc1NC(=O)[C@H]1CC[C@H]2OCCN[C@@H]2C1. The molecule has 2 aromatic rings. The number of ether oxygens (including phenoxy) is 2. The predicted molar refractivity (Wildman–Crippen MR) is 106 cm³/mol. The fourth-order valence-corrected chi connectivity index (χ4v) is 4.10. The molecule has 1 aliphatic carbocycles. The summed E-state index contributed by atoms with van der Waals surface area (Å²) in [6.45, 7) is 1.63. The maximum absolute atomic E-state index is 12.9. The lowest BCUT2D eigenvalue weighted by Crippen LogP contribution is -2.52. The summed E-state index contributed by atoms with van der Waals surface area (Å²) < 4.78 is 11.3. The van der Waals surface area contributed by atoms with Gasteiger partial charge in [-0.05, 0) is 42.5 Å². The topological polar surface area (TPSA) is 59.6 Å². The summed E-state index contributed by atoms with van der Waals surface area (Å²) >= 11 is 0. The van der Waals surface area contributed by atoms with Gasteiger partial charge in [0.15, 0.2) is 0 Å². The number of hydrogen-bond acceptors (Lipinski definition) is 4. The lowest BCUT2D eigenvalue weighted by Gasteiger charge is -2.39. The van der Waals surface area contributed by atoms with E-state index in [0.717, 1.165) is 49.2 Å². The lowest BCUT2D eigenvalue weighted by atomic mass is 9.82. The van der Waals surface area contributed by atoms with Crippen LogP contribution in [0.4, 0.5) is 5.69 Å². The van der Waals surface area contributed by atoms with Crippen LogP contribution in [0.1, 0.15) is 19.3 Å². The van der Waals surface area contributed by atoms with Gasteiger partial charge in [-0.1, -0.05) is 36.4 Å². The number of morpholine rings is 1. The van der Waals surface area contributed by atoms with Crippen molar-refractivity contribution in [2.24, 2.45) is 5.92 Å². The number of amides is 1. The molecule has 2 aliphatic rings. The van der Waals surface area contributed by atoms with E-state index in [1.54, 1.807) is 7.11 Å². The van der Waals surface area contributed by atoms with Crippen LogP contribution in [0.5, 0.6) is 5.75 Å². The molecule has 1 saturated heterocycles. The van der Waals surface area contributed by atoms with Crippen molar-refractivity contribution in [2.75, 3.05) is 25.6 Å². The number of benzene rings is 2. The van der Waals surface area contributed by atoms with Gasteiger partial charge < -0.3 is 20.1 Å². The van der Waals surface area contributed by atoms with Crippen LogP contribution >= 0.6 is 0 Å². The first-order chi connectivity index (χ1) is 13.2. The third-order valence-electron chi connectivity index (χ3n) is 5.56. The van der Waals surface area contributed by atoms with E-state index in [-0.39, 0.29) is 24.0 Å². The Hall–Kier alpha value is -2.37. The molecular weight excluding hydrogens is 340 g/mol. The molecular formula is C22H26N2O3. The molecule has 2 N–H and O–H groups in total. The van der Waals surface area contributed by atoms with Gasteiger partial charge in [0.2, 0.25) is 5.91 Å². The second-order valence-electron chi connectivity index (χ2n) is 7.25. The molecule has 0 radical (unpaired) electrons. The van der Waals surface area contributed by atoms with E-state index in [0.29, 0.717) is 5.75 Å². The zero-order valence-electron chi connectivity index (χ0n) is 15.6. The Balaban J connectivity index is 1.50. The number of rotatable bonds is 4. The second-order valence-corrected chi connectivity index (χ2v) is 7.25. The molecule has 0 bridgehead atoms. The van der Waals surface area contributed by atoms with Crippen molar-refractivity contribution in [3.8, 4) is 16.9 Å². The normalized spacial score (nSPS) is 24.7. The van der Waals surface area contributed by atoms with Gasteiger partial charge in [0, 0.05) is 18.5 Å². The van der Waals surface area contributed by atoms with E-state index >= 15 is 0 Å². The first-order valence-corrected chi connectivity index (χ1v) is 9.64. The Morgan fingerprint density at radius 3 is 2.81 bits per heavy atom. The van der Waals surface area contributed by atoms with Crippen molar-refractivity contribution < 1.29 is 14.3 Å². The minimum atomic E-state index is -0.00876. The third kappa shape index (κ3) is 3.99. The number of nitrogens with one attached hydrogen (secondary N) is 2. The van der Waals surface area contributed by atoms with Crippen molar-refractivity contribution in [3.05, 3.63) is 48.5 Å². The number of methoxy groups -OCH3 is 1. The Labute approximate surface area is 160 Å². The Kier molecular flexibility index (Phi) is 5.41. The number of hydrogen-bond donors (Lipinski definition) is 2. The molecule has 1 aliphatic heterocycles. The molecule has 4 rings (SSSR count). The lowest BCUT2D eigenvalue weighted by molar-refractivity contribution is -0.123. The van der Waals surface area contributed by atoms with Gasteiger partial charge in [0.25, 0.3) is 0 Å². The third-order valence-corrected chi connectivity index (χ3v) is 5.56. The summed E-state index contributed by atoms with van der Waals surface area (Å²) in [5.74, 6) is 0.728. The molecule has 5 heteroatoms. The zero-order chi connectivity index (χ0) is 18.6. The summed E-state index contributed by atoms with van der Waals surface area (Å²) in [7, 11) is 1.63. The van der Waals surface area contributed by atoms with Gasteiger partial charge in [-0.2, -0.15) is 0 Å². The van der Waals surface area contributed by atoms with Gasteiger partial charge in [-0.25, -0.2) is 0 Å². The minimum absolute atomic E-state index is 0.00876. The maximum Gasteiger partial charge on any atom is 0.227 e. The molecule has 5 nitrogen and oxygen atoms in total. The molecule has 0 aromatic heterocycles. The van der Waals surface area contributed by atoms with Crippen LogP contribution in [0, 0.1) is 5.92 Å². The highest BCUT2D eigenvalue weighted by Gasteiger charge is 2.36. The summed E-state index contributed by atoms with van der Waals surface area (Å²) in [4.78, 5) is 12.9. The Bertz CT molecular complexity index is 793. The van der Waals surface area contributed by atoms with Crippen LogP contribution in [0.2, 0.25) is 0 Å². The summed E-state index contributed by atoms with van der Waals surface area (Å²) in [6, 6.07) is 16.3. The molecule has 27 heavy (non-hydrogen) atoms. The largest absolute Gasteiger partial charge is 0.495 e. The Morgan fingerprint density at radius 1 is 1.15 bits per heavy atom. The molecule has 2 aromatic carbocycles. The minimum Gasteiger partial charge on any atom is -0.495 e. The fraction of sp³-hybridized carbons (Fsp3) is 0.409. The number of anilines is 1. The van der Waals surface area contributed by atoms with Gasteiger partial charge in [-0.15, -0.1) is 0 Å². The quantitative estimate of drug-likeness (QED) is 0.870. The average Bonchev–Trinajstić information content (AvgIpc) is 2.74. The molecule has 1 amide bonds. The summed E-state index contributed by atoms with van der Waals surface area (Å²) in [6.07, 6.45) is 2.85. The first kappa shape index (κ1) is 18.0. The number of carbonyl (C=O) groups excluding carboxylic acids is 1. The van der Waals surface area contributed by atoms with Crippen molar-refractivity contribution in [3.63, 3.8) is 0 Å². The van der Waals surface area contributed by atoms with E-state index in [2.05, 4.69) is 22.8 Å². The highest BCUT2D eigenvalue weighted by molar-refractivity contribution is 5.95. The molecule has 3 atom stereocenters. The Morgan fingerprint density at radius 2 is 2.00 bits per heavy atom. The van der Waals surface area contributed by atoms with Gasteiger partial charge in [0.1, 0.15) is 5.75 Å². The molecule has 1 saturated carbocycles. The van der Waals surface area contributed by atoms with Crippen LogP contribution in [0.15, 0.2) is 48.5 Å². The van der Waals surface area contributed by atoms with E-state index in [4.69, 9.17) is 9.47 Å². The smallest absolute Gasteiger partial charge is 0.227 e. The highest BCUT2D eigenvalue weighted by atomic mass is 16.5. The molecule has 0 spiro atoms. The van der Waals surface area contributed by atoms with Crippen molar-refractivity contribution >= 4 is 11.6 Å². The van der Waals surface area contributed by atoms with Gasteiger partial charge in [0.05, 0.1) is 25.5 Å². The highest BCUT2D eigenvalue weighted by Crippen LogP contribution is 2.33. The van der Waals surface area contributed by atoms with Crippen LogP contribution in [0.25, 0.3) is 11.1 Å². The standard InChI is InChI=1S/C22H26N2O3/c1-26-20-9-7-16(15-5-3-2-4-6-15)13-19(20)24-22(25)17-8-10-21-18(14-17)23-11-12-27-21/h2-7,9,13,17-18,21,23H,8,10-12,14H2,1H3,(H,24,25)/t17-,18+,21+/m0/s1. The van der Waals surface area contributed by atoms with E-state index < -0.39 is 0 Å². The first-order valence-electron chi connectivity index (χ1n) is 9.64. The monoisotopic (exact) mass is 366 g/mol. The summed E-state index contributed by atoms with van der Waals surface area (Å²) in [5.41, 5.74) is 2.89. The number of carbonyl (C=O) groups is 1. The van der Waals surface area contributed by atoms with Crippen LogP contribution in [0.3, 0.4) is 0 Å². The van der Waals surface area contributed by atoms with Gasteiger partial charge >= 0.3 is 0 Å². The zero-order valence-corrected chi connectivity index (χ0v) is 15.6. The predicted octanol–water partition coefficient (Wildman–Crippen LogP) is 3.46. The van der Waals surface area contributed by atoms with Crippen LogP contribution in [-0.2, 0) is 9.53 Å². The summed E-state index contributed by atoms with van der Waals surface area (Å²) in [5, 5.41) is 6.60. The maximum atomic E-state index is 12.9. The van der Waals surface area contributed by atoms with E-state index in [1.807, 2.05) is 36.4 Å². The molecule has 2 fully saturated rings. The van der Waals surface area contributed by atoms with Crippen molar-refractivity contribution in [2.45, 2.75) is 31.4 Å². The molecule has 0 unspecified atom stereocenters. The van der Waals surface area contributed by atoms with E-state index in [9.17, 15) is 4.79 Å². The van der Waals surface area contributed by atoms with Crippen molar-refractivity contribution in [1.82, 2.24) is 5.32 Å².